The van der Waals surface area contributed by atoms with Crippen molar-refractivity contribution < 1.29 is 14.3 Å². The molecule has 4 heterocycles. The first-order chi connectivity index (χ1) is 16.6. The molecule has 3 fully saturated rings. The van der Waals surface area contributed by atoms with Crippen LogP contribution >= 0.6 is 11.3 Å². The third-order valence-electron chi connectivity index (χ3n) is 6.94. The smallest absolute Gasteiger partial charge is 0.228 e. The van der Waals surface area contributed by atoms with Gasteiger partial charge in [-0.25, -0.2) is 4.98 Å². The highest BCUT2D eigenvalue weighted by Crippen LogP contribution is 2.29. The molecule has 182 valence electrons. The topological polar surface area (TPSA) is 69.2 Å². The van der Waals surface area contributed by atoms with Crippen LogP contribution in [0.25, 0.3) is 0 Å². The number of benzene rings is 1. The maximum atomic E-state index is 13.1. The number of amides is 2. The van der Waals surface area contributed by atoms with Gasteiger partial charge < -0.3 is 19.4 Å². The van der Waals surface area contributed by atoms with E-state index in [0.29, 0.717) is 13.1 Å². The quantitative estimate of drug-likeness (QED) is 0.603. The number of ether oxygens (including phenoxy) is 1. The first kappa shape index (κ1) is 23.3. The predicted octanol–water partition coefficient (Wildman–Crippen LogP) is 2.59. The highest BCUT2D eigenvalue weighted by atomic mass is 32.1. The van der Waals surface area contributed by atoms with E-state index in [1.165, 1.54) is 18.5 Å². The molecule has 2 amide bonds. The minimum Gasteiger partial charge on any atom is -0.379 e. The van der Waals surface area contributed by atoms with E-state index >= 15 is 0 Å². The summed E-state index contributed by atoms with van der Waals surface area (Å²) in [6, 6.07) is 8.19. The van der Waals surface area contributed by atoms with E-state index in [-0.39, 0.29) is 24.2 Å². The second-order valence-electron chi connectivity index (χ2n) is 9.43. The van der Waals surface area contributed by atoms with E-state index in [1.807, 2.05) is 17.5 Å². The summed E-state index contributed by atoms with van der Waals surface area (Å²) in [6.45, 7) is 7.33. The predicted molar refractivity (Wildman–Crippen MR) is 133 cm³/mol. The number of carbonyl (C=O) groups is 2. The number of thiazole rings is 1. The van der Waals surface area contributed by atoms with Gasteiger partial charge in [-0.3, -0.25) is 14.5 Å². The fourth-order valence-electron chi connectivity index (χ4n) is 5.02. The molecule has 3 aliphatic rings. The maximum Gasteiger partial charge on any atom is 0.228 e. The van der Waals surface area contributed by atoms with Crippen LogP contribution in [0, 0.1) is 5.92 Å². The number of nitrogens with zero attached hydrogens (tertiary/aromatic N) is 5. The lowest BCUT2D eigenvalue weighted by atomic mass is 10.1. The number of rotatable bonds is 7. The SMILES string of the molecule is CN(Cc1csc(CN2CCOCC2)n1)C(=O)C1CC(=O)N(c2ccc(N3CCCC3)cc2)C1. The molecule has 1 atom stereocenters. The second kappa shape index (κ2) is 10.4. The molecule has 0 N–H and O–H groups in total. The molecule has 8 nitrogen and oxygen atoms in total. The molecule has 0 bridgehead atoms. The van der Waals surface area contributed by atoms with Gasteiger partial charge in [-0.05, 0) is 37.1 Å². The molecule has 2 aromatic rings. The highest BCUT2D eigenvalue weighted by molar-refractivity contribution is 7.09. The molecule has 1 aromatic carbocycles. The van der Waals surface area contributed by atoms with Crippen LogP contribution < -0.4 is 9.80 Å². The lowest BCUT2D eigenvalue weighted by molar-refractivity contribution is -0.135. The number of hydrogen-bond donors (Lipinski definition) is 0. The molecule has 0 spiro atoms. The van der Waals surface area contributed by atoms with E-state index in [0.717, 1.165) is 62.3 Å². The Morgan fingerprint density at radius 3 is 2.56 bits per heavy atom. The summed E-state index contributed by atoms with van der Waals surface area (Å²) in [4.78, 5) is 38.8. The minimum absolute atomic E-state index is 0.00673. The molecule has 0 radical (unpaired) electrons. The third-order valence-corrected chi connectivity index (χ3v) is 7.83. The van der Waals surface area contributed by atoms with E-state index in [9.17, 15) is 9.59 Å². The van der Waals surface area contributed by atoms with Crippen LogP contribution in [-0.2, 0) is 27.4 Å². The lowest BCUT2D eigenvalue weighted by Crippen LogP contribution is -2.35. The summed E-state index contributed by atoms with van der Waals surface area (Å²) in [7, 11) is 1.81. The fraction of sp³-hybridized carbons (Fsp3) is 0.560. The van der Waals surface area contributed by atoms with Crippen molar-refractivity contribution >= 4 is 34.5 Å². The summed E-state index contributed by atoms with van der Waals surface area (Å²) in [6.07, 6.45) is 2.73. The van der Waals surface area contributed by atoms with Gasteiger partial charge in [0, 0.05) is 62.9 Å². The number of hydrogen-bond acceptors (Lipinski definition) is 7. The zero-order valence-corrected chi connectivity index (χ0v) is 20.6. The zero-order valence-electron chi connectivity index (χ0n) is 19.8. The van der Waals surface area contributed by atoms with Crippen LogP contribution in [0.4, 0.5) is 11.4 Å². The first-order valence-electron chi connectivity index (χ1n) is 12.2. The van der Waals surface area contributed by atoms with Crippen LogP contribution in [0.3, 0.4) is 0 Å². The monoisotopic (exact) mass is 483 g/mol. The normalized spacial score (nSPS) is 21.4. The Morgan fingerprint density at radius 1 is 1.12 bits per heavy atom. The van der Waals surface area contributed by atoms with Gasteiger partial charge in [0.2, 0.25) is 11.8 Å². The Bertz CT molecular complexity index is 998. The third kappa shape index (κ3) is 5.26. The Labute approximate surface area is 205 Å². The average molecular weight is 484 g/mol. The van der Waals surface area contributed by atoms with E-state index in [2.05, 4.69) is 21.9 Å². The lowest BCUT2D eigenvalue weighted by Gasteiger charge is -2.25. The van der Waals surface area contributed by atoms with Crippen LogP contribution in [0.1, 0.15) is 30.0 Å². The van der Waals surface area contributed by atoms with Gasteiger partial charge in [0.05, 0.1) is 37.9 Å². The van der Waals surface area contributed by atoms with Gasteiger partial charge in [0.15, 0.2) is 0 Å². The Hall–Kier alpha value is -2.49. The molecular formula is C25H33N5O3S. The summed E-state index contributed by atoms with van der Waals surface area (Å²) >= 11 is 1.64. The van der Waals surface area contributed by atoms with Crippen LogP contribution in [0.2, 0.25) is 0 Å². The van der Waals surface area contributed by atoms with Gasteiger partial charge in [0.1, 0.15) is 5.01 Å². The van der Waals surface area contributed by atoms with E-state index < -0.39 is 0 Å². The van der Waals surface area contributed by atoms with E-state index in [1.54, 1.807) is 28.2 Å². The largest absolute Gasteiger partial charge is 0.379 e. The van der Waals surface area contributed by atoms with Gasteiger partial charge in [-0.1, -0.05) is 0 Å². The van der Waals surface area contributed by atoms with Crippen molar-refractivity contribution in [3.8, 4) is 0 Å². The highest BCUT2D eigenvalue weighted by Gasteiger charge is 2.36. The maximum absolute atomic E-state index is 13.1. The molecular weight excluding hydrogens is 450 g/mol. The molecule has 1 aromatic heterocycles. The molecule has 9 heteroatoms. The van der Waals surface area contributed by atoms with Crippen molar-refractivity contribution in [1.82, 2.24) is 14.8 Å². The summed E-state index contributed by atoms with van der Waals surface area (Å²) in [5.41, 5.74) is 2.98. The fourth-order valence-corrected chi connectivity index (χ4v) is 5.84. The molecule has 0 aliphatic carbocycles. The van der Waals surface area contributed by atoms with Gasteiger partial charge >= 0.3 is 0 Å². The second-order valence-corrected chi connectivity index (χ2v) is 10.4. The Morgan fingerprint density at radius 2 is 1.82 bits per heavy atom. The van der Waals surface area contributed by atoms with Crippen molar-refractivity contribution in [2.24, 2.45) is 5.92 Å². The molecule has 34 heavy (non-hydrogen) atoms. The molecule has 1 unspecified atom stereocenters. The van der Waals surface area contributed by atoms with E-state index in [4.69, 9.17) is 9.72 Å². The van der Waals surface area contributed by atoms with Gasteiger partial charge in [-0.15, -0.1) is 11.3 Å². The van der Waals surface area contributed by atoms with Crippen LogP contribution in [-0.4, -0.2) is 79.6 Å². The minimum atomic E-state index is -0.317. The van der Waals surface area contributed by atoms with Crippen molar-refractivity contribution in [1.29, 1.82) is 0 Å². The summed E-state index contributed by atoms with van der Waals surface area (Å²) in [5.74, 6) is -0.295. The van der Waals surface area contributed by atoms with Crippen molar-refractivity contribution in [2.45, 2.75) is 32.4 Å². The van der Waals surface area contributed by atoms with Crippen molar-refractivity contribution in [3.05, 3.63) is 40.3 Å². The number of aromatic nitrogens is 1. The summed E-state index contributed by atoms with van der Waals surface area (Å²) in [5, 5.41) is 3.10. The Kier molecular flexibility index (Phi) is 7.12. The Balaban J connectivity index is 1.15. The van der Waals surface area contributed by atoms with Gasteiger partial charge in [-0.2, -0.15) is 0 Å². The van der Waals surface area contributed by atoms with Crippen molar-refractivity contribution in [3.63, 3.8) is 0 Å². The van der Waals surface area contributed by atoms with Gasteiger partial charge in [0.25, 0.3) is 0 Å². The van der Waals surface area contributed by atoms with Crippen LogP contribution in [0.15, 0.2) is 29.6 Å². The van der Waals surface area contributed by atoms with Crippen LogP contribution in [0.5, 0.6) is 0 Å². The number of morpholine rings is 1. The standard InChI is InChI=1S/C25H33N5O3S/c1-27(16-20-18-34-23(26-20)17-28-10-12-33-13-11-28)25(32)19-14-24(31)30(15-19)22-6-4-21(5-7-22)29-8-2-3-9-29/h4-7,18-19H,2-3,8-17H2,1H3. The molecule has 5 rings (SSSR count). The average Bonchev–Trinajstić information content (AvgIpc) is 3.61. The number of carbonyl (C=O) groups excluding carboxylic acids is 2. The molecule has 3 aliphatic heterocycles. The van der Waals surface area contributed by atoms with Crippen molar-refractivity contribution in [2.75, 3.05) is 62.8 Å². The first-order valence-corrected chi connectivity index (χ1v) is 13.1. The zero-order chi connectivity index (χ0) is 23.5. The number of anilines is 2. The molecule has 0 saturated carbocycles. The molecule has 3 saturated heterocycles. The summed E-state index contributed by atoms with van der Waals surface area (Å²) < 4.78 is 5.41.